The normalized spacial score (nSPS) is 12.2. The highest BCUT2D eigenvalue weighted by atomic mass is 35.5. The fraction of sp³-hybridized carbons (Fsp3) is 0.273. The smallest absolute Gasteiger partial charge is 0.336 e. The fourth-order valence-corrected chi connectivity index (χ4v) is 1.76. The van der Waals surface area contributed by atoms with E-state index in [0.29, 0.717) is 5.56 Å². The van der Waals surface area contributed by atoms with Crippen LogP contribution in [0.3, 0.4) is 0 Å². The maximum Gasteiger partial charge on any atom is 0.336 e. The van der Waals surface area contributed by atoms with Crippen LogP contribution in [0.2, 0.25) is 0 Å². The summed E-state index contributed by atoms with van der Waals surface area (Å²) >= 11 is 5.85. The molecule has 0 heterocycles. The zero-order valence-corrected chi connectivity index (χ0v) is 9.58. The summed E-state index contributed by atoms with van der Waals surface area (Å²) < 4.78 is 0. The molecule has 1 atom stereocenters. The Bertz CT molecular complexity index is 452. The molecule has 4 nitrogen and oxygen atoms in total. The Morgan fingerprint density at radius 1 is 1.25 bits per heavy atom. The molecule has 1 aromatic carbocycles. The van der Waals surface area contributed by atoms with E-state index in [0.717, 1.165) is 0 Å². The zero-order chi connectivity index (χ0) is 12.5. The van der Waals surface area contributed by atoms with Crippen molar-refractivity contribution in [3.63, 3.8) is 0 Å². The number of hydrogen-bond acceptors (Lipinski definition) is 2. The number of rotatable bonds is 3. The van der Waals surface area contributed by atoms with Crippen molar-refractivity contribution in [1.29, 1.82) is 0 Å². The van der Waals surface area contributed by atoms with Crippen LogP contribution in [0.5, 0.6) is 0 Å². The van der Waals surface area contributed by atoms with E-state index in [1.54, 1.807) is 6.92 Å². The first kappa shape index (κ1) is 12.5. The first-order valence-corrected chi connectivity index (χ1v) is 5.04. The van der Waals surface area contributed by atoms with Gasteiger partial charge in [-0.15, -0.1) is 11.6 Å². The molecule has 0 aliphatic carbocycles. The van der Waals surface area contributed by atoms with Gasteiger partial charge in [0, 0.05) is 0 Å². The molecule has 1 aromatic rings. The minimum absolute atomic E-state index is 0.0153. The molecule has 0 saturated carbocycles. The van der Waals surface area contributed by atoms with E-state index in [9.17, 15) is 9.59 Å². The summed E-state index contributed by atoms with van der Waals surface area (Å²) in [5.41, 5.74) is 0.613. The standard InChI is InChI=1S/C11H11ClO4/c1-5-7(10(13)14)3-4-8(6(2)12)9(5)11(15)16/h3-4,6H,1-2H3,(H,13,14)(H,15,16). The average Bonchev–Trinajstić information content (AvgIpc) is 2.15. The van der Waals surface area contributed by atoms with E-state index < -0.39 is 17.3 Å². The Kier molecular flexibility index (Phi) is 3.55. The Morgan fingerprint density at radius 3 is 2.19 bits per heavy atom. The van der Waals surface area contributed by atoms with Crippen molar-refractivity contribution in [2.75, 3.05) is 0 Å². The molecule has 0 aliphatic heterocycles. The molecular formula is C11H11ClO4. The number of alkyl halides is 1. The van der Waals surface area contributed by atoms with Gasteiger partial charge in [0.15, 0.2) is 0 Å². The second kappa shape index (κ2) is 4.53. The fourth-order valence-electron chi connectivity index (χ4n) is 1.58. The van der Waals surface area contributed by atoms with E-state index in [2.05, 4.69) is 0 Å². The molecule has 0 bridgehead atoms. The van der Waals surface area contributed by atoms with Gasteiger partial charge < -0.3 is 10.2 Å². The lowest BCUT2D eigenvalue weighted by molar-refractivity contribution is 0.0695. The molecule has 0 aromatic heterocycles. The van der Waals surface area contributed by atoms with Crippen LogP contribution in [0.25, 0.3) is 0 Å². The third-order valence-corrected chi connectivity index (χ3v) is 2.61. The molecule has 0 saturated heterocycles. The number of carbonyl (C=O) groups is 2. The van der Waals surface area contributed by atoms with Crippen LogP contribution in [0, 0.1) is 6.92 Å². The number of carboxylic acid groups (broad SMARTS) is 2. The van der Waals surface area contributed by atoms with E-state index in [-0.39, 0.29) is 16.7 Å². The summed E-state index contributed by atoms with van der Waals surface area (Å²) in [6.45, 7) is 3.11. The minimum Gasteiger partial charge on any atom is -0.478 e. The first-order valence-electron chi connectivity index (χ1n) is 4.60. The zero-order valence-electron chi connectivity index (χ0n) is 8.82. The van der Waals surface area contributed by atoms with Gasteiger partial charge in [-0.3, -0.25) is 0 Å². The van der Waals surface area contributed by atoms with Crippen molar-refractivity contribution < 1.29 is 19.8 Å². The molecule has 0 spiro atoms. The van der Waals surface area contributed by atoms with Crippen molar-refractivity contribution >= 4 is 23.5 Å². The molecule has 0 amide bonds. The van der Waals surface area contributed by atoms with Crippen LogP contribution in [-0.4, -0.2) is 22.2 Å². The van der Waals surface area contributed by atoms with Crippen LogP contribution in [0.15, 0.2) is 12.1 Å². The quantitative estimate of drug-likeness (QED) is 0.799. The lowest BCUT2D eigenvalue weighted by Gasteiger charge is -2.12. The molecule has 0 radical (unpaired) electrons. The molecular weight excluding hydrogens is 232 g/mol. The van der Waals surface area contributed by atoms with Crippen LogP contribution in [0.4, 0.5) is 0 Å². The molecule has 0 aliphatic rings. The highest BCUT2D eigenvalue weighted by molar-refractivity contribution is 6.21. The van der Waals surface area contributed by atoms with Crippen molar-refractivity contribution in [1.82, 2.24) is 0 Å². The van der Waals surface area contributed by atoms with Crippen molar-refractivity contribution in [3.8, 4) is 0 Å². The van der Waals surface area contributed by atoms with Gasteiger partial charge in [-0.25, -0.2) is 9.59 Å². The molecule has 86 valence electrons. The largest absolute Gasteiger partial charge is 0.478 e. The number of aromatic carboxylic acids is 2. The molecule has 16 heavy (non-hydrogen) atoms. The van der Waals surface area contributed by atoms with Crippen LogP contribution in [-0.2, 0) is 0 Å². The maximum absolute atomic E-state index is 11.1. The minimum atomic E-state index is -1.16. The average molecular weight is 243 g/mol. The Hall–Kier alpha value is -1.55. The third-order valence-electron chi connectivity index (χ3n) is 2.37. The van der Waals surface area contributed by atoms with E-state index in [1.807, 2.05) is 0 Å². The van der Waals surface area contributed by atoms with Gasteiger partial charge in [0.2, 0.25) is 0 Å². The van der Waals surface area contributed by atoms with Gasteiger partial charge >= 0.3 is 11.9 Å². The number of halogens is 1. The van der Waals surface area contributed by atoms with Crippen LogP contribution < -0.4 is 0 Å². The first-order chi connectivity index (χ1) is 7.36. The predicted molar refractivity (Wildman–Crippen MR) is 59.4 cm³/mol. The molecule has 2 N–H and O–H groups in total. The van der Waals surface area contributed by atoms with Crippen molar-refractivity contribution in [2.45, 2.75) is 19.2 Å². The molecule has 1 unspecified atom stereocenters. The molecule has 5 heteroatoms. The van der Waals surface area contributed by atoms with Gasteiger partial charge in [-0.1, -0.05) is 6.07 Å². The highest BCUT2D eigenvalue weighted by Gasteiger charge is 2.21. The topological polar surface area (TPSA) is 74.6 Å². The molecule has 0 fully saturated rings. The predicted octanol–water partition coefficient (Wildman–Crippen LogP) is 2.69. The van der Waals surface area contributed by atoms with Gasteiger partial charge in [0.05, 0.1) is 16.5 Å². The van der Waals surface area contributed by atoms with Crippen molar-refractivity contribution in [2.24, 2.45) is 0 Å². The summed E-state index contributed by atoms with van der Waals surface area (Å²) in [7, 11) is 0. The van der Waals surface area contributed by atoms with Crippen LogP contribution >= 0.6 is 11.6 Å². The lowest BCUT2D eigenvalue weighted by atomic mass is 9.95. The number of carboxylic acids is 2. The SMILES string of the molecule is Cc1c(C(=O)O)ccc(C(C)Cl)c1C(=O)O. The summed E-state index contributed by atoms with van der Waals surface area (Å²) in [5, 5.41) is 17.4. The Labute approximate surface area is 97.5 Å². The van der Waals surface area contributed by atoms with Gasteiger partial charge in [0.1, 0.15) is 0 Å². The van der Waals surface area contributed by atoms with Crippen LogP contribution in [0.1, 0.15) is 44.1 Å². The summed E-state index contributed by atoms with van der Waals surface area (Å²) in [6, 6.07) is 2.82. The summed E-state index contributed by atoms with van der Waals surface area (Å²) in [4.78, 5) is 21.9. The van der Waals surface area contributed by atoms with E-state index in [1.165, 1.54) is 19.1 Å². The maximum atomic E-state index is 11.1. The Morgan fingerprint density at radius 2 is 1.81 bits per heavy atom. The monoisotopic (exact) mass is 242 g/mol. The summed E-state index contributed by atoms with van der Waals surface area (Å²) in [5.74, 6) is -2.31. The van der Waals surface area contributed by atoms with E-state index in [4.69, 9.17) is 21.8 Å². The highest BCUT2D eigenvalue weighted by Crippen LogP contribution is 2.27. The van der Waals surface area contributed by atoms with Gasteiger partial charge in [-0.05, 0) is 31.0 Å². The van der Waals surface area contributed by atoms with Crippen molar-refractivity contribution in [3.05, 3.63) is 34.4 Å². The van der Waals surface area contributed by atoms with E-state index >= 15 is 0 Å². The lowest BCUT2D eigenvalue weighted by Crippen LogP contribution is -2.11. The van der Waals surface area contributed by atoms with Gasteiger partial charge in [0.25, 0.3) is 0 Å². The van der Waals surface area contributed by atoms with Gasteiger partial charge in [-0.2, -0.15) is 0 Å². The molecule has 1 rings (SSSR count). The number of benzene rings is 1. The number of hydrogen-bond donors (Lipinski definition) is 2. The Balaban J connectivity index is 3.54. The second-order valence-electron chi connectivity index (χ2n) is 3.43. The second-order valence-corrected chi connectivity index (χ2v) is 4.08. The summed E-state index contributed by atoms with van der Waals surface area (Å²) in [6.07, 6.45) is 0. The third kappa shape index (κ3) is 2.17.